The van der Waals surface area contributed by atoms with Gasteiger partial charge in [0.25, 0.3) is 10.0 Å². The highest BCUT2D eigenvalue weighted by molar-refractivity contribution is 7.92. The van der Waals surface area contributed by atoms with Crippen LogP contribution in [0.15, 0.2) is 59.5 Å². The predicted molar refractivity (Wildman–Crippen MR) is 95.7 cm³/mol. The van der Waals surface area contributed by atoms with E-state index in [0.717, 1.165) is 0 Å². The van der Waals surface area contributed by atoms with Crippen LogP contribution >= 0.6 is 23.2 Å². The van der Waals surface area contributed by atoms with Gasteiger partial charge >= 0.3 is 6.18 Å². The molecule has 0 amide bonds. The third-order valence-electron chi connectivity index (χ3n) is 3.47. The molecule has 0 aliphatic rings. The molecule has 3 aromatic rings. The first-order chi connectivity index (χ1) is 12.6. The van der Waals surface area contributed by atoms with Gasteiger partial charge in [-0.15, -0.1) is 5.10 Å². The number of halogens is 5. The number of alkyl halides is 3. The first-order valence-corrected chi connectivity index (χ1v) is 9.53. The number of rotatable bonds is 4. The largest absolute Gasteiger partial charge is 0.436 e. The molecule has 0 saturated carbocycles. The van der Waals surface area contributed by atoms with Crippen LogP contribution in [0.3, 0.4) is 0 Å². The molecule has 0 fully saturated rings. The third kappa shape index (κ3) is 4.05. The average molecular weight is 436 g/mol. The Morgan fingerprint density at radius 3 is 2.11 bits per heavy atom. The summed E-state index contributed by atoms with van der Waals surface area (Å²) in [4.78, 5) is 2.36. The Hall–Kier alpha value is -2.23. The van der Waals surface area contributed by atoms with Gasteiger partial charge < -0.3 is 0 Å². The van der Waals surface area contributed by atoms with Gasteiger partial charge in [0.1, 0.15) is 10.7 Å². The topological polar surface area (TPSA) is 64.0 Å². The van der Waals surface area contributed by atoms with Gasteiger partial charge in [0.2, 0.25) is 0 Å². The number of nitrogens with one attached hydrogen (secondary N) is 1. The lowest BCUT2D eigenvalue weighted by atomic mass is 10.1. The maximum Gasteiger partial charge on any atom is 0.436 e. The second-order valence-electron chi connectivity index (χ2n) is 5.34. The van der Waals surface area contributed by atoms with E-state index in [2.05, 4.69) is 5.10 Å². The lowest BCUT2D eigenvalue weighted by Crippen LogP contribution is -2.25. The number of hydrogen-bond donors (Lipinski definition) is 1. The van der Waals surface area contributed by atoms with Crippen LogP contribution in [0.1, 0.15) is 5.69 Å². The maximum absolute atomic E-state index is 13.2. The quantitative estimate of drug-likeness (QED) is 0.639. The molecule has 0 bridgehead atoms. The highest BCUT2D eigenvalue weighted by Crippen LogP contribution is 2.39. The van der Waals surface area contributed by atoms with Crippen LogP contribution in [0.2, 0.25) is 10.0 Å². The van der Waals surface area contributed by atoms with E-state index in [4.69, 9.17) is 23.2 Å². The molecule has 2 aromatic carbocycles. The van der Waals surface area contributed by atoms with Gasteiger partial charge in [0.15, 0.2) is 5.69 Å². The Balaban J connectivity index is 2.16. The summed E-state index contributed by atoms with van der Waals surface area (Å²) in [5, 5.41) is 2.94. The molecular formula is C16H10Cl2F3N3O2S. The molecule has 0 aliphatic carbocycles. The lowest BCUT2D eigenvalue weighted by molar-refractivity contribution is -0.141. The molecule has 0 unspecified atom stereocenters. The molecule has 1 N–H and O–H groups in total. The zero-order valence-electron chi connectivity index (χ0n) is 13.2. The Morgan fingerprint density at radius 1 is 0.963 bits per heavy atom. The molecule has 5 nitrogen and oxygen atoms in total. The number of benzene rings is 2. The van der Waals surface area contributed by atoms with Crippen LogP contribution in [-0.2, 0) is 16.2 Å². The van der Waals surface area contributed by atoms with Crippen molar-refractivity contribution in [3.8, 4) is 11.3 Å². The SMILES string of the molecule is O=S(=O)(Nn1nc(C(F)(F)F)c(Cl)c1-c1ccc(Cl)cc1)c1ccccc1. The van der Waals surface area contributed by atoms with E-state index in [1.54, 1.807) is 6.07 Å². The van der Waals surface area contributed by atoms with Crippen molar-refractivity contribution in [2.24, 2.45) is 0 Å². The Bertz CT molecular complexity index is 1070. The normalized spacial score (nSPS) is 12.2. The monoisotopic (exact) mass is 435 g/mol. The summed E-state index contributed by atoms with van der Waals surface area (Å²) < 4.78 is 64.6. The number of aromatic nitrogens is 2. The Kier molecular flexibility index (Phi) is 5.11. The van der Waals surface area contributed by atoms with E-state index < -0.39 is 26.9 Å². The van der Waals surface area contributed by atoms with Crippen LogP contribution in [-0.4, -0.2) is 18.3 Å². The minimum absolute atomic E-state index is 0.146. The zero-order valence-corrected chi connectivity index (χ0v) is 15.5. The highest BCUT2D eigenvalue weighted by atomic mass is 35.5. The van der Waals surface area contributed by atoms with Crippen LogP contribution < -0.4 is 4.83 Å². The molecule has 1 heterocycles. The fourth-order valence-electron chi connectivity index (χ4n) is 2.27. The number of hydrogen-bond acceptors (Lipinski definition) is 3. The molecule has 0 saturated heterocycles. The number of nitrogens with zero attached hydrogens (tertiary/aromatic N) is 2. The predicted octanol–water partition coefficient (Wildman–Crippen LogP) is 4.81. The standard InChI is InChI=1S/C16H10Cl2F3N3O2S/c17-11-8-6-10(7-9-11)14-13(18)15(16(19,20)21)22-24(14)23-27(25,26)12-4-2-1-3-5-12/h1-9,23H. The van der Waals surface area contributed by atoms with Crippen molar-refractivity contribution in [2.75, 3.05) is 4.83 Å². The zero-order chi connectivity index (χ0) is 19.8. The highest BCUT2D eigenvalue weighted by Gasteiger charge is 2.39. The van der Waals surface area contributed by atoms with Gasteiger partial charge in [-0.05, 0) is 24.3 Å². The van der Waals surface area contributed by atoms with Gasteiger partial charge in [0.05, 0.1) is 4.90 Å². The summed E-state index contributed by atoms with van der Waals surface area (Å²) in [5.74, 6) is 0. The summed E-state index contributed by atoms with van der Waals surface area (Å²) in [6.07, 6.45) is -4.87. The van der Waals surface area contributed by atoms with Crippen molar-refractivity contribution in [2.45, 2.75) is 11.1 Å². The van der Waals surface area contributed by atoms with Crippen molar-refractivity contribution in [3.63, 3.8) is 0 Å². The van der Waals surface area contributed by atoms with Gasteiger partial charge in [-0.25, -0.2) is 0 Å². The number of sulfonamides is 1. The molecule has 0 spiro atoms. The van der Waals surface area contributed by atoms with Crippen LogP contribution in [0.5, 0.6) is 0 Å². The van der Waals surface area contributed by atoms with Crippen molar-refractivity contribution in [1.29, 1.82) is 0 Å². The molecular weight excluding hydrogens is 426 g/mol. The molecule has 0 atom stereocenters. The summed E-state index contributed by atoms with van der Waals surface area (Å²) in [6.45, 7) is 0. The Morgan fingerprint density at radius 2 is 1.56 bits per heavy atom. The molecule has 27 heavy (non-hydrogen) atoms. The summed E-state index contributed by atoms with van der Waals surface area (Å²) >= 11 is 11.7. The molecule has 0 radical (unpaired) electrons. The second kappa shape index (κ2) is 7.06. The lowest BCUT2D eigenvalue weighted by Gasteiger charge is -2.11. The smallest absolute Gasteiger partial charge is 0.200 e. The Labute approximate surface area is 162 Å². The summed E-state index contributed by atoms with van der Waals surface area (Å²) in [7, 11) is -4.20. The fraction of sp³-hybridized carbons (Fsp3) is 0.0625. The van der Waals surface area contributed by atoms with Crippen LogP contribution in [0, 0.1) is 0 Å². The third-order valence-corrected chi connectivity index (χ3v) is 5.39. The molecule has 1 aromatic heterocycles. The van der Waals surface area contributed by atoms with Gasteiger partial charge in [0, 0.05) is 10.6 Å². The van der Waals surface area contributed by atoms with Crippen LogP contribution in [0.4, 0.5) is 13.2 Å². The van der Waals surface area contributed by atoms with E-state index in [1.807, 2.05) is 4.83 Å². The minimum atomic E-state index is -4.87. The van der Waals surface area contributed by atoms with Gasteiger partial charge in [-0.2, -0.15) is 31.2 Å². The van der Waals surface area contributed by atoms with E-state index in [-0.39, 0.29) is 16.2 Å². The van der Waals surface area contributed by atoms with Gasteiger partial charge in [-0.1, -0.05) is 53.5 Å². The minimum Gasteiger partial charge on any atom is -0.200 e. The van der Waals surface area contributed by atoms with E-state index in [9.17, 15) is 21.6 Å². The maximum atomic E-state index is 13.2. The van der Waals surface area contributed by atoms with E-state index in [1.165, 1.54) is 48.5 Å². The van der Waals surface area contributed by atoms with E-state index in [0.29, 0.717) is 9.81 Å². The van der Waals surface area contributed by atoms with Crippen LogP contribution in [0.25, 0.3) is 11.3 Å². The van der Waals surface area contributed by atoms with Crippen molar-refractivity contribution in [3.05, 3.63) is 70.3 Å². The summed E-state index contributed by atoms with van der Waals surface area (Å²) in [5.41, 5.74) is -1.48. The first-order valence-electron chi connectivity index (χ1n) is 7.29. The molecule has 11 heteroatoms. The van der Waals surface area contributed by atoms with Gasteiger partial charge in [-0.3, -0.25) is 0 Å². The first kappa shape index (κ1) is 19.5. The molecule has 0 aliphatic heterocycles. The average Bonchev–Trinajstić information content (AvgIpc) is 2.92. The van der Waals surface area contributed by atoms with Crippen molar-refractivity contribution < 1.29 is 21.6 Å². The fourth-order valence-corrected chi connectivity index (χ4v) is 3.71. The molecule has 142 valence electrons. The summed E-state index contributed by atoms with van der Waals surface area (Å²) in [6, 6.07) is 12.8. The van der Waals surface area contributed by atoms with Crippen molar-refractivity contribution >= 4 is 33.2 Å². The molecule has 3 rings (SSSR count). The van der Waals surface area contributed by atoms with E-state index >= 15 is 0 Å². The second-order valence-corrected chi connectivity index (χ2v) is 7.81. The van der Waals surface area contributed by atoms with Crippen molar-refractivity contribution in [1.82, 2.24) is 9.89 Å².